The summed E-state index contributed by atoms with van der Waals surface area (Å²) >= 11 is 0. The predicted octanol–water partition coefficient (Wildman–Crippen LogP) is 15.1. The average molecular weight is 737 g/mol. The van der Waals surface area contributed by atoms with Crippen molar-refractivity contribution in [1.82, 2.24) is 9.97 Å². The minimum Gasteiger partial charge on any atom is -0.228 e. The van der Waals surface area contributed by atoms with Gasteiger partial charge >= 0.3 is 0 Å². The molecule has 0 atom stereocenters. The summed E-state index contributed by atoms with van der Waals surface area (Å²) in [6.45, 7) is 0. The second-order valence-electron chi connectivity index (χ2n) is 14.9. The molecule has 11 rings (SSSR count). The van der Waals surface area contributed by atoms with Gasteiger partial charge in [-0.25, -0.2) is 9.97 Å². The minimum atomic E-state index is 0.706. The van der Waals surface area contributed by atoms with E-state index >= 15 is 0 Å². The minimum absolute atomic E-state index is 0.706. The number of hydrogen-bond donors (Lipinski definition) is 0. The second kappa shape index (κ2) is 14.1. The van der Waals surface area contributed by atoms with Gasteiger partial charge in [0.15, 0.2) is 5.82 Å². The summed E-state index contributed by atoms with van der Waals surface area (Å²) in [5.41, 5.74) is 12.1. The van der Waals surface area contributed by atoms with E-state index in [2.05, 4.69) is 194 Å². The number of hydrogen-bond acceptors (Lipinski definition) is 2. The molecule has 58 heavy (non-hydrogen) atoms. The highest BCUT2D eigenvalue weighted by atomic mass is 14.9. The van der Waals surface area contributed by atoms with Crippen molar-refractivity contribution in [1.29, 1.82) is 0 Å². The van der Waals surface area contributed by atoms with Crippen LogP contribution in [0.3, 0.4) is 0 Å². The molecule has 0 fully saturated rings. The topological polar surface area (TPSA) is 25.8 Å². The normalized spacial score (nSPS) is 11.4. The van der Waals surface area contributed by atoms with E-state index in [9.17, 15) is 0 Å². The lowest BCUT2D eigenvalue weighted by Crippen LogP contribution is -1.97. The quantitative estimate of drug-likeness (QED) is 0.125. The second-order valence-corrected chi connectivity index (χ2v) is 14.9. The van der Waals surface area contributed by atoms with Crippen LogP contribution >= 0.6 is 0 Å². The summed E-state index contributed by atoms with van der Waals surface area (Å²) in [4.78, 5) is 10.3. The lowest BCUT2D eigenvalue weighted by atomic mass is 9.88. The Bertz CT molecular complexity index is 3300. The Kier molecular flexibility index (Phi) is 8.19. The number of rotatable bonds is 6. The Labute approximate surface area is 337 Å². The molecule has 0 N–H and O–H groups in total. The Morgan fingerprint density at radius 3 is 1.50 bits per heavy atom. The molecule has 0 saturated carbocycles. The number of aromatic nitrogens is 2. The zero-order chi connectivity index (χ0) is 38.4. The molecule has 0 bridgehead atoms. The monoisotopic (exact) mass is 736 g/mol. The molecular formula is C56H36N2. The first-order valence-electron chi connectivity index (χ1n) is 19.8. The first-order chi connectivity index (χ1) is 28.7. The van der Waals surface area contributed by atoms with Crippen molar-refractivity contribution < 1.29 is 0 Å². The van der Waals surface area contributed by atoms with Crippen LogP contribution in [0, 0.1) is 0 Å². The molecule has 270 valence electrons. The molecule has 0 unspecified atom stereocenters. The average Bonchev–Trinajstić information content (AvgIpc) is 3.31. The molecule has 10 aromatic carbocycles. The maximum atomic E-state index is 5.22. The van der Waals surface area contributed by atoms with Gasteiger partial charge in [0.2, 0.25) is 0 Å². The molecule has 0 aliphatic rings. The van der Waals surface area contributed by atoms with E-state index in [4.69, 9.17) is 9.97 Å². The molecule has 0 spiro atoms. The van der Waals surface area contributed by atoms with Crippen LogP contribution in [-0.2, 0) is 0 Å². The van der Waals surface area contributed by atoms with Gasteiger partial charge in [-0.1, -0.05) is 206 Å². The van der Waals surface area contributed by atoms with Crippen LogP contribution in [0.5, 0.6) is 0 Å². The molecular weight excluding hydrogens is 701 g/mol. The zero-order valence-corrected chi connectivity index (χ0v) is 31.7. The SMILES string of the molecule is c1ccc(-c2ccc(-c3cc(-c4ccc(-c5ccc(-c6c7ccccc7cc7c6ccc6ccccc67)cc5)c5ccccc45)nc(-c4ccccc4)n3)cc2)cc1. The van der Waals surface area contributed by atoms with Crippen molar-refractivity contribution in [2.75, 3.05) is 0 Å². The third-order valence-corrected chi connectivity index (χ3v) is 11.5. The molecule has 0 amide bonds. The van der Waals surface area contributed by atoms with Crippen molar-refractivity contribution in [3.05, 3.63) is 218 Å². The van der Waals surface area contributed by atoms with Gasteiger partial charge in [-0.15, -0.1) is 0 Å². The molecule has 0 aliphatic carbocycles. The van der Waals surface area contributed by atoms with Crippen molar-refractivity contribution in [3.63, 3.8) is 0 Å². The maximum Gasteiger partial charge on any atom is 0.160 e. The molecule has 0 aliphatic heterocycles. The van der Waals surface area contributed by atoms with Crippen LogP contribution < -0.4 is 0 Å². The summed E-state index contributed by atoms with van der Waals surface area (Å²) in [6, 6.07) is 78.2. The first-order valence-corrected chi connectivity index (χ1v) is 19.8. The van der Waals surface area contributed by atoms with Crippen LogP contribution in [0.15, 0.2) is 218 Å². The summed E-state index contributed by atoms with van der Waals surface area (Å²) in [5.74, 6) is 0.706. The van der Waals surface area contributed by atoms with Crippen molar-refractivity contribution in [2.45, 2.75) is 0 Å². The van der Waals surface area contributed by atoms with E-state index in [-0.39, 0.29) is 0 Å². The fourth-order valence-corrected chi connectivity index (χ4v) is 8.64. The summed E-state index contributed by atoms with van der Waals surface area (Å²) < 4.78 is 0. The van der Waals surface area contributed by atoms with Crippen molar-refractivity contribution >= 4 is 43.1 Å². The van der Waals surface area contributed by atoms with E-state index in [1.807, 2.05) is 24.3 Å². The van der Waals surface area contributed by atoms with Gasteiger partial charge in [0, 0.05) is 16.7 Å². The third-order valence-electron chi connectivity index (χ3n) is 11.5. The van der Waals surface area contributed by atoms with E-state index in [0.29, 0.717) is 5.82 Å². The van der Waals surface area contributed by atoms with Gasteiger partial charge in [0.25, 0.3) is 0 Å². The van der Waals surface area contributed by atoms with Gasteiger partial charge in [0.1, 0.15) is 0 Å². The molecule has 2 heteroatoms. The highest BCUT2D eigenvalue weighted by molar-refractivity contribution is 6.20. The van der Waals surface area contributed by atoms with Crippen LogP contribution in [0.25, 0.3) is 110 Å². The van der Waals surface area contributed by atoms with Crippen LogP contribution in [0.2, 0.25) is 0 Å². The highest BCUT2D eigenvalue weighted by Crippen LogP contribution is 2.41. The van der Waals surface area contributed by atoms with E-state index in [0.717, 1.165) is 33.5 Å². The maximum absolute atomic E-state index is 5.22. The summed E-state index contributed by atoms with van der Waals surface area (Å²) in [7, 11) is 0. The molecule has 0 radical (unpaired) electrons. The lowest BCUT2D eigenvalue weighted by molar-refractivity contribution is 1.18. The van der Waals surface area contributed by atoms with Gasteiger partial charge in [-0.05, 0) is 88.6 Å². The van der Waals surface area contributed by atoms with Crippen molar-refractivity contribution in [2.24, 2.45) is 0 Å². The van der Waals surface area contributed by atoms with Crippen molar-refractivity contribution in [3.8, 4) is 67.3 Å². The fourth-order valence-electron chi connectivity index (χ4n) is 8.64. The number of fused-ring (bicyclic) bond motifs is 5. The summed E-state index contributed by atoms with van der Waals surface area (Å²) in [6.07, 6.45) is 0. The van der Waals surface area contributed by atoms with Gasteiger partial charge in [-0.2, -0.15) is 0 Å². The molecule has 1 heterocycles. The Hall–Kier alpha value is -7.68. The summed E-state index contributed by atoms with van der Waals surface area (Å²) in [5, 5.41) is 9.94. The first kappa shape index (κ1) is 33.6. The largest absolute Gasteiger partial charge is 0.228 e. The molecule has 11 aromatic rings. The van der Waals surface area contributed by atoms with Gasteiger partial charge < -0.3 is 0 Å². The van der Waals surface area contributed by atoms with Gasteiger partial charge in [-0.3, -0.25) is 0 Å². The van der Waals surface area contributed by atoms with E-state index in [1.54, 1.807) is 0 Å². The molecule has 2 nitrogen and oxygen atoms in total. The van der Waals surface area contributed by atoms with Gasteiger partial charge in [0.05, 0.1) is 11.4 Å². The van der Waals surface area contributed by atoms with Crippen LogP contribution in [0.4, 0.5) is 0 Å². The highest BCUT2D eigenvalue weighted by Gasteiger charge is 2.17. The molecule has 1 aromatic heterocycles. The Balaban J connectivity index is 1.02. The fraction of sp³-hybridized carbons (Fsp3) is 0. The predicted molar refractivity (Wildman–Crippen MR) is 245 cm³/mol. The smallest absolute Gasteiger partial charge is 0.160 e. The zero-order valence-electron chi connectivity index (χ0n) is 31.7. The van der Waals surface area contributed by atoms with E-state index < -0.39 is 0 Å². The Morgan fingerprint density at radius 2 is 0.759 bits per heavy atom. The van der Waals surface area contributed by atoms with Crippen LogP contribution in [0.1, 0.15) is 0 Å². The van der Waals surface area contributed by atoms with Crippen LogP contribution in [-0.4, -0.2) is 9.97 Å². The Morgan fingerprint density at radius 1 is 0.241 bits per heavy atom. The number of nitrogens with zero attached hydrogens (tertiary/aromatic N) is 2. The lowest BCUT2D eigenvalue weighted by Gasteiger charge is -2.16. The number of benzene rings is 10. The third kappa shape index (κ3) is 5.91. The standard InChI is InChI=1S/C56H36N2/c1-3-13-37(14-4-1)38-23-27-41(28-24-38)53-36-54(58-56(57-53)43-16-5-2-6-17-43)50-34-33-46(48-21-11-12-22-49(48)50)40-25-29-42(30-26-40)55-47-20-10-8-18-44(47)35-52-45-19-9-7-15-39(45)31-32-51(52)55/h1-36H. The van der Waals surface area contributed by atoms with E-state index in [1.165, 1.54) is 71.1 Å². The molecule has 0 saturated heterocycles.